The number of halogens is 1. The molecule has 0 unspecified atom stereocenters. The second kappa shape index (κ2) is 9.08. The van der Waals surface area contributed by atoms with Crippen molar-refractivity contribution < 1.29 is 14.7 Å². The topological polar surface area (TPSA) is 109 Å². The molecule has 8 heteroatoms. The zero-order chi connectivity index (χ0) is 23.7. The van der Waals surface area contributed by atoms with Gasteiger partial charge in [0, 0.05) is 29.7 Å². The van der Waals surface area contributed by atoms with Gasteiger partial charge in [0.05, 0.1) is 11.3 Å². The average Bonchev–Trinajstić information content (AvgIpc) is 2.73. The molecule has 1 aromatic heterocycles. The highest BCUT2D eigenvalue weighted by Gasteiger charge is 2.50. The van der Waals surface area contributed by atoms with Crippen molar-refractivity contribution in [2.45, 2.75) is 45.8 Å². The van der Waals surface area contributed by atoms with E-state index in [2.05, 4.69) is 10.3 Å². The van der Waals surface area contributed by atoms with Crippen molar-refractivity contribution >= 4 is 29.1 Å². The fraction of sp³-hybridized carbons (Fsp3) is 0.458. The Morgan fingerprint density at radius 2 is 1.88 bits per heavy atom. The molecule has 2 heterocycles. The summed E-state index contributed by atoms with van der Waals surface area (Å²) in [5.41, 5.74) is 5.28. The van der Waals surface area contributed by atoms with Crippen molar-refractivity contribution in [1.29, 1.82) is 0 Å². The molecule has 0 aliphatic carbocycles. The molecule has 1 aliphatic rings. The number of aromatic nitrogens is 1. The number of nitrogens with two attached hydrogens (primary N) is 1. The van der Waals surface area contributed by atoms with Crippen LogP contribution in [0.4, 0.5) is 5.69 Å². The third-order valence-corrected chi connectivity index (χ3v) is 6.61. The van der Waals surface area contributed by atoms with Crippen molar-refractivity contribution in [3.05, 3.63) is 58.9 Å². The number of benzene rings is 1. The zero-order valence-electron chi connectivity index (χ0n) is 18.9. The van der Waals surface area contributed by atoms with E-state index in [1.807, 2.05) is 39.8 Å². The van der Waals surface area contributed by atoms with Crippen LogP contribution in [0.3, 0.4) is 0 Å². The number of likely N-dealkylation sites (tertiary alicyclic amines) is 1. The first-order chi connectivity index (χ1) is 15.0. The minimum absolute atomic E-state index is 0.0991. The van der Waals surface area contributed by atoms with Crippen LogP contribution in [0.1, 0.15) is 50.2 Å². The lowest BCUT2D eigenvalue weighted by molar-refractivity contribution is -0.155. The minimum atomic E-state index is -1.10. The van der Waals surface area contributed by atoms with E-state index in [0.717, 1.165) is 5.56 Å². The number of hydrogen-bond acceptors (Lipinski definition) is 5. The van der Waals surface area contributed by atoms with E-state index in [-0.39, 0.29) is 23.2 Å². The molecule has 1 aliphatic heterocycles. The Bertz CT molecular complexity index is 993. The first-order valence-electron chi connectivity index (χ1n) is 10.7. The summed E-state index contributed by atoms with van der Waals surface area (Å²) in [6, 6.07) is 9.69. The number of carbonyl (C=O) groups excluding carboxylic acids is 2. The number of anilines is 1. The van der Waals surface area contributed by atoms with Crippen LogP contribution in [0.25, 0.3) is 0 Å². The summed E-state index contributed by atoms with van der Waals surface area (Å²) < 4.78 is 0. The number of amides is 2. The molecule has 2 atom stereocenters. The summed E-state index contributed by atoms with van der Waals surface area (Å²) in [4.78, 5) is 31.9. The molecule has 1 fully saturated rings. The van der Waals surface area contributed by atoms with E-state index in [4.69, 9.17) is 17.3 Å². The fourth-order valence-electron chi connectivity index (χ4n) is 4.30. The monoisotopic (exact) mass is 458 g/mol. The Balaban J connectivity index is 1.78. The van der Waals surface area contributed by atoms with Crippen molar-refractivity contribution in [2.75, 3.05) is 18.8 Å². The van der Waals surface area contributed by atoms with Crippen molar-refractivity contribution in [3.63, 3.8) is 0 Å². The number of nitrogens with one attached hydrogen (secondary N) is 1. The van der Waals surface area contributed by atoms with Crippen molar-refractivity contribution in [2.24, 2.45) is 11.3 Å². The number of aliphatic hydroxyl groups is 1. The van der Waals surface area contributed by atoms with Gasteiger partial charge in [-0.05, 0) is 42.2 Å². The smallest absolute Gasteiger partial charge is 0.272 e. The standard InChI is InChI=1S/C24H31ClN4O3/c1-15(2)19(28-21(30)20-18(26)6-5-12-27-20)22(31)29-13-11-24(32,23(3,4)14-29)16-7-9-17(25)10-8-16/h5-10,12,15,19,32H,11,13-14,26H2,1-4H3,(H,28,30)/t19-,24+/m1/s1. The van der Waals surface area contributed by atoms with Crippen LogP contribution in [0.5, 0.6) is 0 Å². The molecule has 4 N–H and O–H groups in total. The van der Waals surface area contributed by atoms with Crippen LogP contribution in [0.15, 0.2) is 42.6 Å². The van der Waals surface area contributed by atoms with Crippen LogP contribution in [0, 0.1) is 11.3 Å². The SMILES string of the molecule is CC(C)[C@@H](NC(=O)c1ncccc1N)C(=O)N1CC[C@](O)(c2ccc(Cl)cc2)C(C)(C)C1. The number of pyridine rings is 1. The number of hydrogen-bond donors (Lipinski definition) is 3. The molecule has 3 rings (SSSR count). The second-order valence-corrected chi connectivity index (χ2v) is 9.83. The molecular weight excluding hydrogens is 428 g/mol. The fourth-order valence-corrected chi connectivity index (χ4v) is 4.42. The summed E-state index contributed by atoms with van der Waals surface area (Å²) in [5, 5.41) is 15.0. The van der Waals surface area contributed by atoms with Gasteiger partial charge in [0.25, 0.3) is 5.91 Å². The lowest BCUT2D eigenvalue weighted by Crippen LogP contribution is -2.60. The predicted octanol–water partition coefficient (Wildman–Crippen LogP) is 3.22. The van der Waals surface area contributed by atoms with E-state index < -0.39 is 23.0 Å². The van der Waals surface area contributed by atoms with Gasteiger partial charge in [0.15, 0.2) is 5.69 Å². The Kier molecular flexibility index (Phi) is 6.81. The van der Waals surface area contributed by atoms with E-state index in [1.165, 1.54) is 6.20 Å². The third kappa shape index (κ3) is 4.59. The number of carbonyl (C=O) groups is 2. The third-order valence-electron chi connectivity index (χ3n) is 6.36. The van der Waals surface area contributed by atoms with E-state index in [9.17, 15) is 14.7 Å². The van der Waals surface area contributed by atoms with Gasteiger partial charge in [0.1, 0.15) is 6.04 Å². The molecule has 1 aromatic carbocycles. The maximum absolute atomic E-state index is 13.4. The lowest BCUT2D eigenvalue weighted by Gasteiger charge is -2.51. The molecule has 0 spiro atoms. The highest BCUT2D eigenvalue weighted by molar-refractivity contribution is 6.30. The lowest BCUT2D eigenvalue weighted by atomic mass is 9.66. The Morgan fingerprint density at radius 1 is 1.22 bits per heavy atom. The number of rotatable bonds is 5. The van der Waals surface area contributed by atoms with Crippen molar-refractivity contribution in [1.82, 2.24) is 15.2 Å². The van der Waals surface area contributed by atoms with Gasteiger partial charge in [0.2, 0.25) is 5.91 Å². The largest absolute Gasteiger partial charge is 0.397 e. The highest BCUT2D eigenvalue weighted by Crippen LogP contribution is 2.46. The normalized spacial score (nSPS) is 21.3. The second-order valence-electron chi connectivity index (χ2n) is 9.40. The number of nitrogens with zero attached hydrogens (tertiary/aromatic N) is 2. The molecule has 2 amide bonds. The quantitative estimate of drug-likeness (QED) is 0.637. The Labute approximate surface area is 194 Å². The maximum atomic E-state index is 13.4. The molecule has 0 saturated carbocycles. The summed E-state index contributed by atoms with van der Waals surface area (Å²) in [7, 11) is 0. The molecule has 172 valence electrons. The summed E-state index contributed by atoms with van der Waals surface area (Å²) in [6.45, 7) is 8.35. The van der Waals surface area contributed by atoms with Crippen LogP contribution < -0.4 is 11.1 Å². The zero-order valence-corrected chi connectivity index (χ0v) is 19.7. The summed E-state index contributed by atoms with van der Waals surface area (Å²) >= 11 is 6.01. The number of piperidine rings is 1. The number of nitrogen functional groups attached to an aromatic ring is 1. The first-order valence-corrected chi connectivity index (χ1v) is 11.1. The first kappa shape index (κ1) is 24.0. The van der Waals surface area contributed by atoms with Crippen LogP contribution in [-0.4, -0.2) is 45.9 Å². The summed E-state index contributed by atoms with van der Waals surface area (Å²) in [5.74, 6) is -0.810. The molecule has 7 nitrogen and oxygen atoms in total. The van der Waals surface area contributed by atoms with Crippen LogP contribution >= 0.6 is 11.6 Å². The molecule has 32 heavy (non-hydrogen) atoms. The van der Waals surface area contributed by atoms with Gasteiger partial charge in [-0.1, -0.05) is 51.4 Å². The van der Waals surface area contributed by atoms with Crippen LogP contribution in [0.2, 0.25) is 5.02 Å². The van der Waals surface area contributed by atoms with Gasteiger partial charge >= 0.3 is 0 Å². The minimum Gasteiger partial charge on any atom is -0.397 e. The van der Waals surface area contributed by atoms with E-state index in [0.29, 0.717) is 24.5 Å². The summed E-state index contributed by atoms with van der Waals surface area (Å²) in [6.07, 6.45) is 1.86. The van der Waals surface area contributed by atoms with Gasteiger partial charge in [-0.15, -0.1) is 0 Å². The molecule has 0 bridgehead atoms. The maximum Gasteiger partial charge on any atom is 0.272 e. The predicted molar refractivity (Wildman–Crippen MR) is 125 cm³/mol. The molecule has 2 aromatic rings. The van der Waals surface area contributed by atoms with Gasteiger partial charge < -0.3 is 21.1 Å². The van der Waals surface area contributed by atoms with Gasteiger partial charge in [-0.3, -0.25) is 9.59 Å². The molecule has 0 radical (unpaired) electrons. The Hall–Kier alpha value is -2.64. The van der Waals surface area contributed by atoms with Crippen molar-refractivity contribution in [3.8, 4) is 0 Å². The molecule has 1 saturated heterocycles. The van der Waals surface area contributed by atoms with Gasteiger partial charge in [-0.2, -0.15) is 0 Å². The highest BCUT2D eigenvalue weighted by atomic mass is 35.5. The average molecular weight is 459 g/mol. The van der Waals surface area contributed by atoms with E-state index in [1.54, 1.807) is 29.2 Å². The molecular formula is C24H31ClN4O3. The van der Waals surface area contributed by atoms with Gasteiger partial charge in [-0.25, -0.2) is 4.98 Å². The Morgan fingerprint density at radius 3 is 2.44 bits per heavy atom. The van der Waals surface area contributed by atoms with Crippen LogP contribution in [-0.2, 0) is 10.4 Å². The van der Waals surface area contributed by atoms with E-state index >= 15 is 0 Å².